The molecule has 102 valence electrons. The Kier molecular flexibility index (Phi) is 9.32. The molecule has 0 amide bonds. The van der Waals surface area contributed by atoms with Crippen LogP contribution in [0.5, 0.6) is 0 Å². The van der Waals surface area contributed by atoms with Crippen LogP contribution in [-0.2, 0) is 9.16 Å². The highest BCUT2D eigenvalue weighted by Crippen LogP contribution is 2.13. The highest BCUT2D eigenvalue weighted by Gasteiger charge is 2.17. The minimum Gasteiger partial charge on any atom is -0.520 e. The van der Waals surface area contributed by atoms with Crippen molar-refractivity contribution in [1.29, 1.82) is 0 Å². The molecule has 0 aliphatic rings. The van der Waals surface area contributed by atoms with Crippen molar-refractivity contribution < 1.29 is 9.16 Å². The van der Waals surface area contributed by atoms with Crippen molar-refractivity contribution in [2.75, 3.05) is 7.11 Å². The lowest BCUT2D eigenvalue weighted by atomic mass is 10.1. The predicted octanol–water partition coefficient (Wildman–Crippen LogP) is 5.08. The van der Waals surface area contributed by atoms with Crippen molar-refractivity contribution in [2.45, 2.75) is 71.5 Å². The first-order valence-corrected chi connectivity index (χ1v) is 10.3. The fourth-order valence-electron chi connectivity index (χ4n) is 1.61. The molecule has 0 aromatic rings. The van der Waals surface area contributed by atoms with Gasteiger partial charge in [-0.3, -0.25) is 0 Å². The van der Waals surface area contributed by atoms with E-state index >= 15 is 0 Å². The Balaban J connectivity index is 3.65. The lowest BCUT2D eigenvalue weighted by Crippen LogP contribution is -2.25. The highest BCUT2D eigenvalue weighted by atomic mass is 28.4. The zero-order valence-corrected chi connectivity index (χ0v) is 13.3. The summed E-state index contributed by atoms with van der Waals surface area (Å²) in [6, 6.07) is 0. The third-order valence-corrected chi connectivity index (χ3v) is 3.29. The smallest absolute Gasteiger partial charge is 0.260 e. The van der Waals surface area contributed by atoms with Crippen LogP contribution in [0.2, 0.25) is 19.6 Å². The van der Waals surface area contributed by atoms with Gasteiger partial charge in [-0.1, -0.05) is 39.0 Å². The zero-order valence-electron chi connectivity index (χ0n) is 12.3. The van der Waals surface area contributed by atoms with Gasteiger partial charge in [-0.05, 0) is 38.6 Å². The van der Waals surface area contributed by atoms with Gasteiger partial charge in [0.1, 0.15) is 0 Å². The van der Waals surface area contributed by atoms with Gasteiger partial charge in [0.25, 0.3) is 5.95 Å². The number of hydrogen-bond acceptors (Lipinski definition) is 2. The summed E-state index contributed by atoms with van der Waals surface area (Å²) in [6.07, 6.45) is 11.2. The van der Waals surface area contributed by atoms with Gasteiger partial charge in [0.15, 0.2) is 0 Å². The predicted molar refractivity (Wildman–Crippen MR) is 77.5 cm³/mol. The largest absolute Gasteiger partial charge is 0.520 e. The number of rotatable bonds is 10. The lowest BCUT2D eigenvalue weighted by Gasteiger charge is -2.20. The van der Waals surface area contributed by atoms with Crippen LogP contribution in [0, 0.1) is 0 Å². The molecule has 3 heteroatoms. The maximum Gasteiger partial charge on any atom is 0.260 e. The third kappa shape index (κ3) is 11.8. The summed E-state index contributed by atoms with van der Waals surface area (Å²) >= 11 is 0. The standard InChI is InChI=1S/C14H30O2Si/c1-6-7-8-9-10-11-12-13-14(15-2)16-17(3,4)5/h13H,6-12H2,1-5H3/b14-13-. The maximum atomic E-state index is 5.81. The van der Waals surface area contributed by atoms with Gasteiger partial charge in [-0.15, -0.1) is 0 Å². The minimum atomic E-state index is -1.52. The average molecular weight is 258 g/mol. The number of allylic oxidation sites excluding steroid dienone is 1. The summed E-state index contributed by atoms with van der Waals surface area (Å²) in [6.45, 7) is 8.77. The quantitative estimate of drug-likeness (QED) is 0.309. The molecular formula is C14H30O2Si. The van der Waals surface area contributed by atoms with Gasteiger partial charge in [-0.2, -0.15) is 0 Å². The lowest BCUT2D eigenvalue weighted by molar-refractivity contribution is 0.145. The summed E-state index contributed by atoms with van der Waals surface area (Å²) < 4.78 is 11.1. The van der Waals surface area contributed by atoms with Gasteiger partial charge in [0.2, 0.25) is 8.32 Å². The summed E-state index contributed by atoms with van der Waals surface area (Å²) in [7, 11) is 0.167. The van der Waals surface area contributed by atoms with Gasteiger partial charge >= 0.3 is 0 Å². The van der Waals surface area contributed by atoms with E-state index in [-0.39, 0.29) is 0 Å². The van der Waals surface area contributed by atoms with Gasteiger partial charge in [0.05, 0.1) is 7.11 Å². The molecule has 0 N–H and O–H groups in total. The molecule has 0 saturated carbocycles. The van der Waals surface area contributed by atoms with Crippen LogP contribution < -0.4 is 0 Å². The molecule has 2 nitrogen and oxygen atoms in total. The van der Waals surface area contributed by atoms with Crippen LogP contribution in [0.15, 0.2) is 12.0 Å². The van der Waals surface area contributed by atoms with E-state index in [1.807, 2.05) is 0 Å². The van der Waals surface area contributed by atoms with E-state index in [0.717, 1.165) is 12.4 Å². The minimum absolute atomic E-state index is 0.720. The van der Waals surface area contributed by atoms with Crippen molar-refractivity contribution in [3.8, 4) is 0 Å². The third-order valence-electron chi connectivity index (χ3n) is 2.48. The Bertz CT molecular complexity index is 207. The van der Waals surface area contributed by atoms with E-state index in [9.17, 15) is 0 Å². The summed E-state index contributed by atoms with van der Waals surface area (Å²) in [5.74, 6) is 0.720. The molecule has 0 spiro atoms. The molecule has 0 heterocycles. The molecule has 0 fully saturated rings. The van der Waals surface area contributed by atoms with Crippen molar-refractivity contribution in [3.05, 3.63) is 12.0 Å². The topological polar surface area (TPSA) is 18.5 Å². The zero-order chi connectivity index (χ0) is 13.1. The number of methoxy groups -OCH3 is 1. The fraction of sp³-hybridized carbons (Fsp3) is 0.857. The highest BCUT2D eigenvalue weighted by molar-refractivity contribution is 6.69. The molecule has 17 heavy (non-hydrogen) atoms. The Morgan fingerprint density at radius 3 is 2.12 bits per heavy atom. The van der Waals surface area contributed by atoms with E-state index < -0.39 is 8.32 Å². The number of unbranched alkanes of at least 4 members (excludes halogenated alkanes) is 6. The molecule has 0 unspecified atom stereocenters. The monoisotopic (exact) mass is 258 g/mol. The summed E-state index contributed by atoms with van der Waals surface area (Å²) in [5, 5.41) is 0. The molecule has 0 aromatic carbocycles. The summed E-state index contributed by atoms with van der Waals surface area (Å²) in [4.78, 5) is 0. The molecular weight excluding hydrogens is 228 g/mol. The second kappa shape index (κ2) is 9.57. The molecule has 0 aromatic heterocycles. The first kappa shape index (κ1) is 16.6. The summed E-state index contributed by atoms with van der Waals surface area (Å²) in [5.41, 5.74) is 0. The molecule has 0 atom stereocenters. The Hall–Kier alpha value is -0.443. The Morgan fingerprint density at radius 1 is 1.00 bits per heavy atom. The fourth-order valence-corrected chi connectivity index (χ4v) is 2.38. The van der Waals surface area contributed by atoms with Crippen molar-refractivity contribution in [1.82, 2.24) is 0 Å². The molecule has 0 aliphatic carbocycles. The van der Waals surface area contributed by atoms with Crippen molar-refractivity contribution in [3.63, 3.8) is 0 Å². The normalized spacial score (nSPS) is 12.6. The van der Waals surface area contributed by atoms with E-state index in [1.165, 1.54) is 38.5 Å². The molecule has 0 bridgehead atoms. The molecule has 0 aliphatic heterocycles. The van der Waals surface area contributed by atoms with Gasteiger partial charge < -0.3 is 9.16 Å². The van der Waals surface area contributed by atoms with Crippen LogP contribution in [0.4, 0.5) is 0 Å². The Morgan fingerprint density at radius 2 is 1.59 bits per heavy atom. The van der Waals surface area contributed by atoms with Gasteiger partial charge in [0, 0.05) is 0 Å². The first-order valence-electron chi connectivity index (χ1n) is 6.92. The van der Waals surface area contributed by atoms with E-state index in [4.69, 9.17) is 9.16 Å². The number of hydrogen-bond donors (Lipinski definition) is 0. The van der Waals surface area contributed by atoms with Crippen LogP contribution >= 0.6 is 0 Å². The maximum absolute atomic E-state index is 5.81. The van der Waals surface area contributed by atoms with E-state index in [1.54, 1.807) is 7.11 Å². The van der Waals surface area contributed by atoms with Crippen molar-refractivity contribution in [2.24, 2.45) is 0 Å². The second-order valence-corrected chi connectivity index (χ2v) is 9.93. The van der Waals surface area contributed by atoms with Crippen LogP contribution in [-0.4, -0.2) is 15.4 Å². The first-order chi connectivity index (χ1) is 7.99. The molecule has 0 radical (unpaired) electrons. The van der Waals surface area contributed by atoms with Gasteiger partial charge in [-0.25, -0.2) is 0 Å². The van der Waals surface area contributed by atoms with E-state index in [2.05, 4.69) is 32.6 Å². The van der Waals surface area contributed by atoms with Crippen LogP contribution in [0.25, 0.3) is 0 Å². The Labute approximate surface area is 109 Å². The number of ether oxygens (including phenoxy) is 1. The molecule has 0 saturated heterocycles. The molecule has 0 rings (SSSR count). The van der Waals surface area contributed by atoms with Crippen LogP contribution in [0.3, 0.4) is 0 Å². The second-order valence-electron chi connectivity index (χ2n) is 5.50. The SMILES string of the molecule is CCCCCCCC/C=C(/OC)O[Si](C)(C)C. The van der Waals surface area contributed by atoms with Crippen molar-refractivity contribution >= 4 is 8.32 Å². The van der Waals surface area contributed by atoms with Crippen LogP contribution in [0.1, 0.15) is 51.9 Å². The van der Waals surface area contributed by atoms with E-state index in [0.29, 0.717) is 0 Å². The average Bonchev–Trinajstić information content (AvgIpc) is 2.24.